The van der Waals surface area contributed by atoms with Gasteiger partial charge in [0.05, 0.1) is 7.11 Å². The minimum atomic E-state index is -2.17. The van der Waals surface area contributed by atoms with E-state index in [2.05, 4.69) is 33.9 Å². The third-order valence-corrected chi connectivity index (χ3v) is 8.39. The van der Waals surface area contributed by atoms with Crippen molar-refractivity contribution >= 4 is 14.3 Å². The molecule has 0 aliphatic carbocycles. The predicted molar refractivity (Wildman–Crippen MR) is 95.9 cm³/mol. The van der Waals surface area contributed by atoms with Crippen LogP contribution in [0.5, 0.6) is 11.5 Å². The van der Waals surface area contributed by atoms with Gasteiger partial charge in [-0.05, 0) is 51.0 Å². The number of rotatable bonds is 4. The maximum absolute atomic E-state index is 14.3. The third kappa shape index (κ3) is 4.72. The lowest BCUT2D eigenvalue weighted by Gasteiger charge is -2.37. The lowest BCUT2D eigenvalue weighted by molar-refractivity contribution is 0.00610. The zero-order valence-corrected chi connectivity index (χ0v) is 17.2. The van der Waals surface area contributed by atoms with Crippen LogP contribution in [0.25, 0.3) is 0 Å². The molecule has 1 aromatic rings. The van der Waals surface area contributed by atoms with Gasteiger partial charge < -0.3 is 13.9 Å². The van der Waals surface area contributed by atoms with Crippen LogP contribution in [0.15, 0.2) is 12.1 Å². The Morgan fingerprint density at radius 3 is 2.04 bits per heavy atom. The lowest BCUT2D eigenvalue weighted by atomic mass is 10.1. The van der Waals surface area contributed by atoms with E-state index in [-0.39, 0.29) is 16.4 Å². The summed E-state index contributed by atoms with van der Waals surface area (Å²) in [6.45, 7) is 15.6. The van der Waals surface area contributed by atoms with Gasteiger partial charge in [-0.15, -0.1) is 0 Å². The van der Waals surface area contributed by atoms with Crippen molar-refractivity contribution in [2.24, 2.45) is 0 Å². The summed E-state index contributed by atoms with van der Waals surface area (Å²) in [5.74, 6) is -1.01. The van der Waals surface area contributed by atoms with Gasteiger partial charge in [0.25, 0.3) is 8.32 Å². The standard InChI is InChI=1S/C18H29FO4Si/c1-17(2,3)22-16(20)14-12(19)10-11-13(15(14)21-7)23-24(8,9)18(4,5)6/h10-11H,1-9H3. The molecule has 0 radical (unpaired) electrons. The second kappa shape index (κ2) is 6.74. The average molecular weight is 357 g/mol. The Kier molecular flexibility index (Phi) is 5.76. The van der Waals surface area contributed by atoms with Crippen LogP contribution in [-0.4, -0.2) is 27.0 Å². The minimum Gasteiger partial charge on any atom is -0.541 e. The van der Waals surface area contributed by atoms with Crippen LogP contribution in [0.3, 0.4) is 0 Å². The first-order valence-electron chi connectivity index (χ1n) is 7.98. The molecular formula is C18H29FO4Si. The van der Waals surface area contributed by atoms with Gasteiger partial charge in [-0.25, -0.2) is 9.18 Å². The molecule has 0 N–H and O–H groups in total. The van der Waals surface area contributed by atoms with Gasteiger partial charge in [0.2, 0.25) is 0 Å². The molecule has 0 bridgehead atoms. The first kappa shape index (κ1) is 20.5. The molecule has 0 aliphatic rings. The van der Waals surface area contributed by atoms with Gasteiger partial charge in [-0.2, -0.15) is 0 Å². The minimum absolute atomic E-state index is 0.0432. The summed E-state index contributed by atoms with van der Waals surface area (Å²) in [6, 6.07) is 2.72. The van der Waals surface area contributed by atoms with E-state index in [0.717, 1.165) is 0 Å². The molecule has 0 saturated carbocycles. The molecule has 0 spiro atoms. The summed E-state index contributed by atoms with van der Waals surface area (Å²) in [4.78, 5) is 12.4. The van der Waals surface area contributed by atoms with Gasteiger partial charge in [-0.1, -0.05) is 20.8 Å². The van der Waals surface area contributed by atoms with E-state index in [1.54, 1.807) is 20.8 Å². The summed E-state index contributed by atoms with van der Waals surface area (Å²) in [5, 5.41) is -0.0432. The molecule has 24 heavy (non-hydrogen) atoms. The van der Waals surface area contributed by atoms with E-state index in [1.807, 2.05) is 0 Å². The molecule has 6 heteroatoms. The van der Waals surface area contributed by atoms with Crippen molar-refractivity contribution in [1.82, 2.24) is 0 Å². The van der Waals surface area contributed by atoms with Gasteiger partial charge in [0.15, 0.2) is 5.75 Å². The summed E-state index contributed by atoms with van der Waals surface area (Å²) < 4.78 is 31.1. The number of carbonyl (C=O) groups is 1. The number of ether oxygens (including phenoxy) is 2. The van der Waals surface area contributed by atoms with Gasteiger partial charge in [-0.3, -0.25) is 0 Å². The highest BCUT2D eigenvalue weighted by Gasteiger charge is 2.40. The fraction of sp³-hybridized carbons (Fsp3) is 0.611. The quantitative estimate of drug-likeness (QED) is 0.551. The number of hydrogen-bond donors (Lipinski definition) is 0. The molecule has 0 aromatic heterocycles. The predicted octanol–water partition coefficient (Wildman–Crippen LogP) is 5.17. The van der Waals surface area contributed by atoms with Crippen LogP contribution >= 0.6 is 0 Å². The number of carbonyl (C=O) groups excluding carboxylic acids is 1. The summed E-state index contributed by atoms with van der Waals surface area (Å²) in [6.07, 6.45) is 0. The summed E-state index contributed by atoms with van der Waals surface area (Å²) in [7, 11) is -0.780. The average Bonchev–Trinajstić information content (AvgIpc) is 2.36. The van der Waals surface area contributed by atoms with Crippen molar-refractivity contribution in [3.63, 3.8) is 0 Å². The van der Waals surface area contributed by atoms with E-state index in [1.165, 1.54) is 19.2 Å². The second-order valence-electron chi connectivity index (χ2n) is 8.32. The number of methoxy groups -OCH3 is 1. The summed E-state index contributed by atoms with van der Waals surface area (Å²) >= 11 is 0. The van der Waals surface area contributed by atoms with Crippen LogP contribution in [0.2, 0.25) is 18.1 Å². The van der Waals surface area contributed by atoms with Crippen LogP contribution in [0, 0.1) is 5.82 Å². The highest BCUT2D eigenvalue weighted by Crippen LogP contribution is 2.41. The van der Waals surface area contributed by atoms with Crippen molar-refractivity contribution < 1.29 is 23.1 Å². The topological polar surface area (TPSA) is 44.8 Å². The normalized spacial score (nSPS) is 12.8. The maximum Gasteiger partial charge on any atom is 0.345 e. The van der Waals surface area contributed by atoms with Crippen LogP contribution in [0.1, 0.15) is 51.9 Å². The van der Waals surface area contributed by atoms with Crippen LogP contribution in [0.4, 0.5) is 4.39 Å². The van der Waals surface area contributed by atoms with Gasteiger partial charge in [0, 0.05) is 0 Å². The molecule has 0 amide bonds. The van der Waals surface area contributed by atoms with Crippen molar-refractivity contribution in [3.8, 4) is 11.5 Å². The van der Waals surface area contributed by atoms with E-state index < -0.39 is 25.7 Å². The van der Waals surface area contributed by atoms with Gasteiger partial charge in [0.1, 0.15) is 22.7 Å². The zero-order valence-electron chi connectivity index (χ0n) is 16.2. The van der Waals surface area contributed by atoms with Crippen molar-refractivity contribution in [2.75, 3.05) is 7.11 Å². The van der Waals surface area contributed by atoms with Crippen molar-refractivity contribution in [3.05, 3.63) is 23.5 Å². The van der Waals surface area contributed by atoms with Crippen molar-refractivity contribution in [2.45, 2.75) is 65.3 Å². The molecule has 136 valence electrons. The van der Waals surface area contributed by atoms with E-state index in [0.29, 0.717) is 5.75 Å². The van der Waals surface area contributed by atoms with Crippen LogP contribution < -0.4 is 9.16 Å². The fourth-order valence-electron chi connectivity index (χ4n) is 1.77. The maximum atomic E-state index is 14.3. The molecule has 0 aliphatic heterocycles. The molecule has 0 heterocycles. The molecule has 1 rings (SSSR count). The molecule has 0 fully saturated rings. The Morgan fingerprint density at radius 2 is 1.62 bits per heavy atom. The first-order chi connectivity index (χ1) is 10.7. The SMILES string of the molecule is COc1c(O[Si](C)(C)C(C)(C)C)ccc(F)c1C(=O)OC(C)(C)C. The van der Waals surface area contributed by atoms with E-state index in [4.69, 9.17) is 13.9 Å². The highest BCUT2D eigenvalue weighted by atomic mass is 28.4. The Bertz CT molecular complexity index is 613. The van der Waals surface area contributed by atoms with Crippen LogP contribution in [-0.2, 0) is 4.74 Å². The summed E-state index contributed by atoms with van der Waals surface area (Å²) in [5.41, 5.74) is -0.964. The first-order valence-corrected chi connectivity index (χ1v) is 10.9. The molecular weight excluding hydrogens is 327 g/mol. The van der Waals surface area contributed by atoms with Crippen molar-refractivity contribution in [1.29, 1.82) is 0 Å². The Hall–Kier alpha value is -1.56. The number of benzene rings is 1. The largest absolute Gasteiger partial charge is 0.541 e. The highest BCUT2D eigenvalue weighted by molar-refractivity contribution is 6.74. The third-order valence-electron chi connectivity index (χ3n) is 4.05. The Balaban J connectivity index is 3.36. The molecule has 0 unspecified atom stereocenters. The molecule has 0 atom stereocenters. The fourth-order valence-corrected chi connectivity index (χ4v) is 2.79. The number of esters is 1. The Labute approximate surface area is 145 Å². The lowest BCUT2D eigenvalue weighted by Crippen LogP contribution is -2.44. The molecule has 1 aromatic carbocycles. The van der Waals surface area contributed by atoms with Gasteiger partial charge >= 0.3 is 5.97 Å². The number of hydrogen-bond acceptors (Lipinski definition) is 4. The molecule has 0 saturated heterocycles. The van der Waals surface area contributed by atoms with E-state index >= 15 is 0 Å². The molecule has 4 nitrogen and oxygen atoms in total. The number of halogens is 1. The smallest absolute Gasteiger partial charge is 0.345 e. The zero-order chi connectivity index (χ0) is 18.9. The van der Waals surface area contributed by atoms with E-state index in [9.17, 15) is 9.18 Å². The Morgan fingerprint density at radius 1 is 1.08 bits per heavy atom. The second-order valence-corrected chi connectivity index (χ2v) is 13.0. The monoisotopic (exact) mass is 356 g/mol.